The fourth-order valence-electron chi connectivity index (χ4n) is 2.13. The standard InChI is InChI=1S/C15H15ClN2O2/c1-19-12-6-5-10(7-13(12)20-2)15-17-11(9-3-4-9)8-14(16)18-15/h5-9H,3-4H2,1-2H3. The number of aromatic nitrogens is 2. The van der Waals surface area contributed by atoms with Gasteiger partial charge < -0.3 is 9.47 Å². The molecule has 0 N–H and O–H groups in total. The first-order valence-electron chi connectivity index (χ1n) is 6.48. The lowest BCUT2D eigenvalue weighted by atomic mass is 10.1. The quantitative estimate of drug-likeness (QED) is 0.806. The fraction of sp³-hybridized carbons (Fsp3) is 0.333. The number of halogens is 1. The van der Waals surface area contributed by atoms with E-state index in [0.29, 0.717) is 28.4 Å². The molecule has 1 saturated carbocycles. The van der Waals surface area contributed by atoms with E-state index < -0.39 is 0 Å². The van der Waals surface area contributed by atoms with E-state index in [1.54, 1.807) is 14.2 Å². The molecular formula is C15H15ClN2O2. The second-order valence-corrected chi connectivity index (χ2v) is 5.17. The maximum Gasteiger partial charge on any atom is 0.161 e. The zero-order valence-electron chi connectivity index (χ0n) is 11.4. The molecule has 1 fully saturated rings. The summed E-state index contributed by atoms with van der Waals surface area (Å²) in [6.07, 6.45) is 2.36. The van der Waals surface area contributed by atoms with Crippen molar-refractivity contribution in [3.63, 3.8) is 0 Å². The minimum Gasteiger partial charge on any atom is -0.493 e. The molecule has 0 radical (unpaired) electrons. The van der Waals surface area contributed by atoms with E-state index in [0.717, 1.165) is 11.3 Å². The molecule has 0 atom stereocenters. The summed E-state index contributed by atoms with van der Waals surface area (Å²) in [7, 11) is 3.22. The van der Waals surface area contributed by atoms with Gasteiger partial charge in [0.2, 0.25) is 0 Å². The van der Waals surface area contributed by atoms with Crippen molar-refractivity contribution in [1.82, 2.24) is 9.97 Å². The number of nitrogens with zero attached hydrogens (tertiary/aromatic N) is 2. The third-order valence-corrected chi connectivity index (χ3v) is 3.55. The number of hydrogen-bond acceptors (Lipinski definition) is 4. The molecule has 20 heavy (non-hydrogen) atoms. The Morgan fingerprint density at radius 1 is 1.05 bits per heavy atom. The average molecular weight is 291 g/mol. The molecule has 1 aromatic carbocycles. The first-order chi connectivity index (χ1) is 9.71. The largest absolute Gasteiger partial charge is 0.493 e. The van der Waals surface area contributed by atoms with Crippen LogP contribution < -0.4 is 9.47 Å². The minimum atomic E-state index is 0.478. The van der Waals surface area contributed by atoms with Crippen LogP contribution in [0.25, 0.3) is 11.4 Å². The number of hydrogen-bond donors (Lipinski definition) is 0. The molecule has 0 unspecified atom stereocenters. The second-order valence-electron chi connectivity index (χ2n) is 4.78. The third-order valence-electron chi connectivity index (χ3n) is 3.35. The van der Waals surface area contributed by atoms with Crippen LogP contribution in [0.1, 0.15) is 24.5 Å². The Morgan fingerprint density at radius 2 is 1.80 bits per heavy atom. The minimum absolute atomic E-state index is 0.478. The molecule has 0 amide bonds. The zero-order valence-corrected chi connectivity index (χ0v) is 12.1. The predicted molar refractivity (Wildman–Crippen MR) is 77.6 cm³/mol. The van der Waals surface area contributed by atoms with Gasteiger partial charge in [-0.3, -0.25) is 0 Å². The molecule has 2 aromatic rings. The Balaban J connectivity index is 2.03. The first-order valence-corrected chi connectivity index (χ1v) is 6.86. The van der Waals surface area contributed by atoms with Gasteiger partial charge in [0.25, 0.3) is 0 Å². The smallest absolute Gasteiger partial charge is 0.161 e. The summed E-state index contributed by atoms with van der Waals surface area (Å²) in [5, 5.41) is 0.478. The summed E-state index contributed by atoms with van der Waals surface area (Å²) in [6, 6.07) is 7.46. The van der Waals surface area contributed by atoms with Gasteiger partial charge in [0.1, 0.15) is 5.15 Å². The molecule has 0 aliphatic heterocycles. The summed E-state index contributed by atoms with van der Waals surface area (Å²) >= 11 is 6.10. The van der Waals surface area contributed by atoms with E-state index in [4.69, 9.17) is 21.1 Å². The Labute approximate surface area is 122 Å². The SMILES string of the molecule is COc1ccc(-c2nc(Cl)cc(C3CC3)n2)cc1OC. The Hall–Kier alpha value is -1.81. The lowest BCUT2D eigenvalue weighted by molar-refractivity contribution is 0.355. The summed E-state index contributed by atoms with van der Waals surface area (Å²) < 4.78 is 10.5. The van der Waals surface area contributed by atoms with Gasteiger partial charge >= 0.3 is 0 Å². The van der Waals surface area contributed by atoms with Gasteiger partial charge in [-0.2, -0.15) is 0 Å². The molecule has 0 spiro atoms. The highest BCUT2D eigenvalue weighted by atomic mass is 35.5. The normalized spacial score (nSPS) is 14.2. The van der Waals surface area contributed by atoms with Crippen molar-refractivity contribution in [2.45, 2.75) is 18.8 Å². The van der Waals surface area contributed by atoms with E-state index in [9.17, 15) is 0 Å². The van der Waals surface area contributed by atoms with E-state index in [2.05, 4.69) is 9.97 Å². The lowest BCUT2D eigenvalue weighted by Gasteiger charge is -2.09. The Kier molecular flexibility index (Phi) is 3.49. The highest BCUT2D eigenvalue weighted by Crippen LogP contribution is 2.40. The van der Waals surface area contributed by atoms with Crippen molar-refractivity contribution in [3.05, 3.63) is 35.1 Å². The van der Waals surface area contributed by atoms with E-state index >= 15 is 0 Å². The predicted octanol–water partition coefficient (Wildman–Crippen LogP) is 3.69. The van der Waals surface area contributed by atoms with Crippen LogP contribution in [-0.4, -0.2) is 24.2 Å². The average Bonchev–Trinajstić information content (AvgIpc) is 3.30. The maximum atomic E-state index is 6.10. The molecule has 0 bridgehead atoms. The number of methoxy groups -OCH3 is 2. The summed E-state index contributed by atoms with van der Waals surface area (Å²) in [4.78, 5) is 8.91. The van der Waals surface area contributed by atoms with Gasteiger partial charge in [-0.1, -0.05) is 11.6 Å². The summed E-state index contributed by atoms with van der Waals surface area (Å²) in [5.74, 6) is 2.50. The number of benzene rings is 1. The molecule has 3 rings (SSSR count). The van der Waals surface area contributed by atoms with Gasteiger partial charge in [0.15, 0.2) is 17.3 Å². The molecule has 5 heteroatoms. The van der Waals surface area contributed by atoms with Crippen molar-refractivity contribution < 1.29 is 9.47 Å². The van der Waals surface area contributed by atoms with Crippen LogP contribution in [0.4, 0.5) is 0 Å². The second kappa shape index (κ2) is 5.29. The molecule has 0 saturated heterocycles. The Bertz CT molecular complexity index is 642. The monoisotopic (exact) mass is 290 g/mol. The third kappa shape index (κ3) is 2.56. The summed E-state index contributed by atoms with van der Waals surface area (Å²) in [6.45, 7) is 0. The number of rotatable bonds is 4. The van der Waals surface area contributed by atoms with Crippen LogP contribution in [0.3, 0.4) is 0 Å². The molecule has 1 heterocycles. The molecule has 1 aromatic heterocycles. The number of ether oxygens (including phenoxy) is 2. The highest BCUT2D eigenvalue weighted by Gasteiger charge is 2.26. The molecular weight excluding hydrogens is 276 g/mol. The van der Waals surface area contributed by atoms with Gasteiger partial charge in [0.05, 0.1) is 14.2 Å². The molecule has 1 aliphatic rings. The van der Waals surface area contributed by atoms with Crippen molar-refractivity contribution in [2.75, 3.05) is 14.2 Å². The van der Waals surface area contributed by atoms with Gasteiger partial charge in [-0.15, -0.1) is 0 Å². The molecule has 4 nitrogen and oxygen atoms in total. The van der Waals surface area contributed by atoms with Crippen molar-refractivity contribution in [3.8, 4) is 22.9 Å². The first kappa shape index (κ1) is 13.2. The fourth-order valence-corrected chi connectivity index (χ4v) is 2.32. The Morgan fingerprint density at radius 3 is 2.45 bits per heavy atom. The van der Waals surface area contributed by atoms with E-state index in [-0.39, 0.29) is 0 Å². The molecule has 104 valence electrons. The van der Waals surface area contributed by atoms with Crippen LogP contribution in [0, 0.1) is 0 Å². The maximum absolute atomic E-state index is 6.10. The van der Waals surface area contributed by atoms with Crippen LogP contribution in [-0.2, 0) is 0 Å². The molecule has 1 aliphatic carbocycles. The van der Waals surface area contributed by atoms with Gasteiger partial charge in [-0.25, -0.2) is 9.97 Å². The lowest BCUT2D eigenvalue weighted by Crippen LogP contribution is -1.96. The van der Waals surface area contributed by atoms with Crippen molar-refractivity contribution in [1.29, 1.82) is 0 Å². The van der Waals surface area contributed by atoms with E-state index in [1.165, 1.54) is 12.8 Å². The van der Waals surface area contributed by atoms with E-state index in [1.807, 2.05) is 24.3 Å². The van der Waals surface area contributed by atoms with Crippen LogP contribution in [0.15, 0.2) is 24.3 Å². The summed E-state index contributed by atoms with van der Waals surface area (Å²) in [5.41, 5.74) is 1.89. The van der Waals surface area contributed by atoms with Crippen LogP contribution in [0.2, 0.25) is 5.15 Å². The van der Waals surface area contributed by atoms with Crippen molar-refractivity contribution >= 4 is 11.6 Å². The van der Waals surface area contributed by atoms with Crippen LogP contribution >= 0.6 is 11.6 Å². The zero-order chi connectivity index (χ0) is 14.1. The topological polar surface area (TPSA) is 44.2 Å². The van der Waals surface area contributed by atoms with Gasteiger partial charge in [0, 0.05) is 17.2 Å². The van der Waals surface area contributed by atoms with Crippen LogP contribution in [0.5, 0.6) is 11.5 Å². The van der Waals surface area contributed by atoms with Gasteiger partial charge in [-0.05, 0) is 37.1 Å². The highest BCUT2D eigenvalue weighted by molar-refractivity contribution is 6.29. The van der Waals surface area contributed by atoms with Crippen molar-refractivity contribution in [2.24, 2.45) is 0 Å².